The van der Waals surface area contributed by atoms with Crippen LogP contribution in [0.5, 0.6) is 0 Å². The van der Waals surface area contributed by atoms with Crippen molar-refractivity contribution >= 4 is 5.91 Å². The van der Waals surface area contributed by atoms with Gasteiger partial charge in [0.2, 0.25) is 0 Å². The standard InChI is InChI=1S/C17H24N2O3/c1-11-9-12(2)18-15(20)14(11)16(21)19-8-7-17(22)6-4-3-5-13(17)10-19/h9,13,22H,3-8,10H2,1-2H3,(H,18,20)/t13-,17-/m1/s1. The summed E-state index contributed by atoms with van der Waals surface area (Å²) < 4.78 is 0. The SMILES string of the molecule is Cc1cc(C)c(C(=O)N2CC[C@]3(O)CCCC[C@@H]3C2)c(=O)[nH]1. The van der Waals surface area contributed by atoms with E-state index in [0.717, 1.165) is 36.9 Å². The number of hydrogen-bond donors (Lipinski definition) is 2. The van der Waals surface area contributed by atoms with Gasteiger partial charge in [0, 0.05) is 24.7 Å². The van der Waals surface area contributed by atoms with Crippen LogP contribution in [0, 0.1) is 19.8 Å². The molecule has 1 saturated heterocycles. The Kier molecular flexibility index (Phi) is 3.85. The van der Waals surface area contributed by atoms with E-state index in [2.05, 4.69) is 4.98 Å². The Bertz CT molecular complexity index is 652. The Hall–Kier alpha value is -1.62. The molecule has 2 atom stereocenters. The third-order valence-corrected chi connectivity index (χ3v) is 5.29. The third kappa shape index (κ3) is 2.58. The molecule has 120 valence electrons. The van der Waals surface area contributed by atoms with Gasteiger partial charge in [-0.1, -0.05) is 12.8 Å². The van der Waals surface area contributed by atoms with Crippen LogP contribution in [-0.4, -0.2) is 39.6 Å². The molecule has 0 bridgehead atoms. The summed E-state index contributed by atoms with van der Waals surface area (Å²) in [4.78, 5) is 29.4. The lowest BCUT2D eigenvalue weighted by molar-refractivity contribution is -0.0886. The van der Waals surface area contributed by atoms with Crippen LogP contribution in [0.25, 0.3) is 0 Å². The van der Waals surface area contributed by atoms with Gasteiger partial charge < -0.3 is 15.0 Å². The number of amides is 1. The molecule has 2 aliphatic rings. The fraction of sp³-hybridized carbons (Fsp3) is 0.647. The summed E-state index contributed by atoms with van der Waals surface area (Å²) in [6.07, 6.45) is 4.59. The number of aryl methyl sites for hydroxylation is 2. The Balaban J connectivity index is 1.84. The molecule has 0 radical (unpaired) electrons. The van der Waals surface area contributed by atoms with Gasteiger partial charge in [-0.3, -0.25) is 9.59 Å². The van der Waals surface area contributed by atoms with Crippen molar-refractivity contribution in [2.24, 2.45) is 5.92 Å². The van der Waals surface area contributed by atoms with Crippen molar-refractivity contribution < 1.29 is 9.90 Å². The van der Waals surface area contributed by atoms with E-state index in [1.807, 2.05) is 13.0 Å². The highest BCUT2D eigenvalue weighted by atomic mass is 16.3. The summed E-state index contributed by atoms with van der Waals surface area (Å²) in [7, 11) is 0. The quantitative estimate of drug-likeness (QED) is 0.830. The summed E-state index contributed by atoms with van der Waals surface area (Å²) in [5.74, 6) is -0.0600. The molecule has 0 unspecified atom stereocenters. The Morgan fingerprint density at radius 3 is 2.86 bits per heavy atom. The van der Waals surface area contributed by atoms with Crippen LogP contribution < -0.4 is 5.56 Å². The van der Waals surface area contributed by atoms with Crippen LogP contribution in [0.3, 0.4) is 0 Å². The van der Waals surface area contributed by atoms with E-state index in [1.165, 1.54) is 0 Å². The van der Waals surface area contributed by atoms with E-state index < -0.39 is 5.60 Å². The monoisotopic (exact) mass is 304 g/mol. The maximum atomic E-state index is 12.8. The highest BCUT2D eigenvalue weighted by molar-refractivity contribution is 5.95. The van der Waals surface area contributed by atoms with Gasteiger partial charge >= 0.3 is 0 Å². The maximum Gasteiger partial charge on any atom is 0.261 e. The predicted molar refractivity (Wildman–Crippen MR) is 84.0 cm³/mol. The fourth-order valence-electron chi connectivity index (χ4n) is 4.03. The van der Waals surface area contributed by atoms with Gasteiger partial charge in [-0.2, -0.15) is 0 Å². The molecule has 1 amide bonds. The molecule has 0 aromatic carbocycles. The van der Waals surface area contributed by atoms with E-state index in [-0.39, 0.29) is 22.9 Å². The number of aromatic nitrogens is 1. The zero-order valence-electron chi connectivity index (χ0n) is 13.3. The van der Waals surface area contributed by atoms with Crippen LogP contribution in [-0.2, 0) is 0 Å². The van der Waals surface area contributed by atoms with Gasteiger partial charge in [-0.05, 0) is 44.7 Å². The number of nitrogens with zero attached hydrogens (tertiary/aromatic N) is 1. The Morgan fingerprint density at radius 2 is 2.14 bits per heavy atom. The van der Waals surface area contributed by atoms with Crippen molar-refractivity contribution in [1.82, 2.24) is 9.88 Å². The Morgan fingerprint density at radius 1 is 1.36 bits per heavy atom. The molecule has 3 rings (SSSR count). The molecule has 0 spiro atoms. The van der Waals surface area contributed by atoms with Crippen molar-refractivity contribution in [1.29, 1.82) is 0 Å². The molecule has 1 aromatic heterocycles. The minimum atomic E-state index is -0.607. The second-order valence-corrected chi connectivity index (χ2v) is 6.89. The molecular weight excluding hydrogens is 280 g/mol. The van der Waals surface area contributed by atoms with E-state index >= 15 is 0 Å². The molecule has 2 fully saturated rings. The number of H-pyrrole nitrogens is 1. The predicted octanol–water partition coefficient (Wildman–Crippen LogP) is 1.76. The molecule has 2 heterocycles. The van der Waals surface area contributed by atoms with E-state index in [4.69, 9.17) is 0 Å². The fourth-order valence-corrected chi connectivity index (χ4v) is 4.03. The Labute approximate surface area is 130 Å². The van der Waals surface area contributed by atoms with Crippen LogP contribution in [0.2, 0.25) is 0 Å². The molecule has 5 heteroatoms. The number of pyridine rings is 1. The summed E-state index contributed by atoms with van der Waals surface area (Å²) in [6, 6.07) is 1.83. The number of carbonyl (C=O) groups is 1. The number of rotatable bonds is 1. The lowest BCUT2D eigenvalue weighted by Gasteiger charge is -2.47. The highest BCUT2D eigenvalue weighted by Crippen LogP contribution is 2.39. The first-order valence-corrected chi connectivity index (χ1v) is 8.13. The molecule has 22 heavy (non-hydrogen) atoms. The van der Waals surface area contributed by atoms with Gasteiger partial charge in [-0.25, -0.2) is 0 Å². The van der Waals surface area contributed by atoms with Crippen molar-refractivity contribution in [3.05, 3.63) is 33.2 Å². The van der Waals surface area contributed by atoms with E-state index in [9.17, 15) is 14.7 Å². The van der Waals surface area contributed by atoms with Gasteiger partial charge in [0.25, 0.3) is 11.5 Å². The molecule has 1 aromatic rings. The van der Waals surface area contributed by atoms with Crippen molar-refractivity contribution in [2.75, 3.05) is 13.1 Å². The molecular formula is C17H24N2O3. The molecule has 1 aliphatic carbocycles. The summed E-state index contributed by atoms with van der Waals surface area (Å²) in [6.45, 7) is 4.70. The van der Waals surface area contributed by atoms with Gasteiger partial charge in [0.05, 0.1) is 5.60 Å². The minimum absolute atomic E-state index is 0.142. The summed E-state index contributed by atoms with van der Waals surface area (Å²) >= 11 is 0. The van der Waals surface area contributed by atoms with Crippen LogP contribution in [0.4, 0.5) is 0 Å². The first kappa shape index (κ1) is 15.3. The van der Waals surface area contributed by atoms with Gasteiger partial charge in [0.1, 0.15) is 5.56 Å². The second-order valence-electron chi connectivity index (χ2n) is 6.89. The first-order valence-electron chi connectivity index (χ1n) is 8.13. The minimum Gasteiger partial charge on any atom is -0.389 e. The molecule has 1 aliphatic heterocycles. The third-order valence-electron chi connectivity index (χ3n) is 5.29. The van der Waals surface area contributed by atoms with Gasteiger partial charge in [-0.15, -0.1) is 0 Å². The number of piperidine rings is 1. The highest BCUT2D eigenvalue weighted by Gasteiger charge is 2.44. The molecule has 2 N–H and O–H groups in total. The smallest absolute Gasteiger partial charge is 0.261 e. The number of carbonyl (C=O) groups excluding carboxylic acids is 1. The summed E-state index contributed by atoms with van der Waals surface area (Å²) in [5.41, 5.74) is 0.804. The normalized spacial score (nSPS) is 28.3. The topological polar surface area (TPSA) is 73.4 Å². The lowest BCUT2D eigenvalue weighted by Crippen LogP contribution is -2.55. The number of hydrogen-bond acceptors (Lipinski definition) is 3. The van der Waals surface area contributed by atoms with Crippen molar-refractivity contribution in [3.63, 3.8) is 0 Å². The maximum absolute atomic E-state index is 12.8. The number of nitrogens with one attached hydrogen (secondary N) is 1. The van der Waals surface area contributed by atoms with Crippen LogP contribution >= 0.6 is 0 Å². The first-order chi connectivity index (χ1) is 10.4. The number of aromatic amines is 1. The van der Waals surface area contributed by atoms with Crippen LogP contribution in [0.15, 0.2) is 10.9 Å². The second kappa shape index (κ2) is 5.54. The summed E-state index contributed by atoms with van der Waals surface area (Å²) in [5, 5.41) is 10.7. The van der Waals surface area contributed by atoms with Crippen molar-refractivity contribution in [2.45, 2.75) is 51.6 Å². The molecule has 5 nitrogen and oxygen atoms in total. The zero-order valence-corrected chi connectivity index (χ0v) is 13.3. The van der Waals surface area contributed by atoms with Crippen molar-refractivity contribution in [3.8, 4) is 0 Å². The number of aliphatic hydroxyl groups is 1. The largest absolute Gasteiger partial charge is 0.389 e. The average Bonchev–Trinajstić information content (AvgIpc) is 2.45. The molecule has 1 saturated carbocycles. The number of likely N-dealkylation sites (tertiary alicyclic amines) is 1. The van der Waals surface area contributed by atoms with Gasteiger partial charge in [0.15, 0.2) is 0 Å². The lowest BCUT2D eigenvalue weighted by atomic mass is 9.71. The average molecular weight is 304 g/mol. The van der Waals surface area contributed by atoms with E-state index in [0.29, 0.717) is 19.5 Å². The van der Waals surface area contributed by atoms with Crippen LogP contribution in [0.1, 0.15) is 53.7 Å². The number of fused-ring (bicyclic) bond motifs is 1. The van der Waals surface area contributed by atoms with E-state index in [1.54, 1.807) is 11.8 Å². The zero-order chi connectivity index (χ0) is 15.9.